The molecule has 1 fully saturated rings. The number of hydrogen-bond acceptors (Lipinski definition) is 4. The predicted octanol–water partition coefficient (Wildman–Crippen LogP) is 1.29. The van der Waals surface area contributed by atoms with Crippen molar-refractivity contribution in [3.63, 3.8) is 0 Å². The van der Waals surface area contributed by atoms with Crippen LogP contribution in [0.4, 0.5) is 0 Å². The predicted molar refractivity (Wildman–Crippen MR) is 67.3 cm³/mol. The molecule has 2 heterocycles. The third-order valence-corrected chi connectivity index (χ3v) is 5.07. The minimum absolute atomic E-state index is 0.211. The van der Waals surface area contributed by atoms with Crippen molar-refractivity contribution in [2.45, 2.75) is 30.9 Å². The Morgan fingerprint density at radius 3 is 2.35 bits per heavy atom. The van der Waals surface area contributed by atoms with Gasteiger partial charge in [-0.1, -0.05) is 0 Å². The number of hydrogen-bond donors (Lipinski definition) is 0. The van der Waals surface area contributed by atoms with Crippen LogP contribution >= 0.6 is 0 Å². The molecule has 1 aliphatic rings. The van der Waals surface area contributed by atoms with Crippen molar-refractivity contribution >= 4 is 10.8 Å². The maximum Gasteiger partial charge on any atom is 0.139 e. The van der Waals surface area contributed by atoms with Gasteiger partial charge in [-0.2, -0.15) is 0 Å². The van der Waals surface area contributed by atoms with Gasteiger partial charge in [0.05, 0.1) is 18.6 Å². The zero-order valence-electron chi connectivity index (χ0n) is 10.5. The molecule has 0 saturated carbocycles. The molecule has 2 rings (SSSR count). The summed E-state index contributed by atoms with van der Waals surface area (Å²) < 4.78 is 17.3. The average molecular weight is 254 g/mol. The molecule has 0 spiro atoms. The van der Waals surface area contributed by atoms with Crippen molar-refractivity contribution in [2.75, 3.05) is 19.0 Å². The van der Waals surface area contributed by atoms with Gasteiger partial charge in [-0.15, -0.1) is 0 Å². The van der Waals surface area contributed by atoms with E-state index in [4.69, 9.17) is 4.74 Å². The lowest BCUT2D eigenvalue weighted by molar-refractivity contribution is -0.0521. The van der Waals surface area contributed by atoms with E-state index in [1.807, 2.05) is 20.8 Å². The molecule has 0 aliphatic carbocycles. The van der Waals surface area contributed by atoms with E-state index in [0.717, 1.165) is 5.82 Å². The summed E-state index contributed by atoms with van der Waals surface area (Å²) in [6, 6.07) is 1.79. The van der Waals surface area contributed by atoms with Gasteiger partial charge in [0.1, 0.15) is 5.82 Å². The minimum Gasteiger partial charge on any atom is -0.379 e. The zero-order chi connectivity index (χ0) is 12.5. The highest BCUT2D eigenvalue weighted by atomic mass is 32.2. The molecule has 1 aliphatic heterocycles. The Kier molecular flexibility index (Phi) is 3.32. The highest BCUT2D eigenvalue weighted by Crippen LogP contribution is 2.32. The number of ether oxygens (including phenoxy) is 1. The third kappa shape index (κ3) is 2.55. The Labute approximate surface area is 104 Å². The molecule has 94 valence electrons. The Hall–Kier alpha value is -0.810. The standard InChI is InChI=1S/C12H18N2O2S/c1-11(2,3)17(15)9-12(7-16-8-12)10-13-5-4-6-14-10/h4-6H,7-9H2,1-3H3. The first-order valence-electron chi connectivity index (χ1n) is 5.68. The number of nitrogens with zero attached hydrogens (tertiary/aromatic N) is 2. The van der Waals surface area contributed by atoms with Crippen LogP contribution in [0.1, 0.15) is 26.6 Å². The van der Waals surface area contributed by atoms with Crippen LogP contribution in [0.25, 0.3) is 0 Å². The van der Waals surface area contributed by atoms with Crippen LogP contribution in [0.15, 0.2) is 18.5 Å². The second-order valence-electron chi connectivity index (χ2n) is 5.45. The fourth-order valence-corrected chi connectivity index (χ4v) is 2.90. The Bertz CT molecular complexity index is 410. The Morgan fingerprint density at radius 2 is 1.94 bits per heavy atom. The van der Waals surface area contributed by atoms with E-state index in [2.05, 4.69) is 9.97 Å². The highest BCUT2D eigenvalue weighted by molar-refractivity contribution is 7.86. The lowest BCUT2D eigenvalue weighted by Gasteiger charge is -2.40. The van der Waals surface area contributed by atoms with Gasteiger partial charge in [-0.05, 0) is 26.8 Å². The summed E-state index contributed by atoms with van der Waals surface area (Å²) in [4.78, 5) is 8.56. The van der Waals surface area contributed by atoms with Gasteiger partial charge in [-0.3, -0.25) is 4.21 Å². The largest absolute Gasteiger partial charge is 0.379 e. The van der Waals surface area contributed by atoms with E-state index in [1.54, 1.807) is 18.5 Å². The quantitative estimate of drug-likeness (QED) is 0.815. The van der Waals surface area contributed by atoms with Gasteiger partial charge in [0.25, 0.3) is 0 Å². The summed E-state index contributed by atoms with van der Waals surface area (Å²) >= 11 is 0. The smallest absolute Gasteiger partial charge is 0.139 e. The van der Waals surface area contributed by atoms with Crippen molar-refractivity contribution in [2.24, 2.45) is 0 Å². The fourth-order valence-electron chi connectivity index (χ4n) is 1.67. The summed E-state index contributed by atoms with van der Waals surface area (Å²) in [6.07, 6.45) is 3.45. The summed E-state index contributed by atoms with van der Waals surface area (Å²) in [5.41, 5.74) is -0.251. The van der Waals surface area contributed by atoms with Gasteiger partial charge in [0.15, 0.2) is 0 Å². The van der Waals surface area contributed by atoms with Crippen LogP contribution in [0.2, 0.25) is 0 Å². The highest BCUT2D eigenvalue weighted by Gasteiger charge is 2.45. The van der Waals surface area contributed by atoms with Gasteiger partial charge < -0.3 is 4.74 Å². The Morgan fingerprint density at radius 1 is 1.35 bits per heavy atom. The van der Waals surface area contributed by atoms with Crippen LogP contribution in [0, 0.1) is 0 Å². The summed E-state index contributed by atoms with van der Waals surface area (Å²) in [5, 5.41) is 0. The lowest BCUT2D eigenvalue weighted by atomic mass is 9.87. The van der Waals surface area contributed by atoms with Gasteiger partial charge in [0.2, 0.25) is 0 Å². The summed E-state index contributed by atoms with van der Waals surface area (Å²) in [5.74, 6) is 1.32. The van der Waals surface area contributed by atoms with E-state index in [-0.39, 0.29) is 10.2 Å². The van der Waals surface area contributed by atoms with Crippen LogP contribution in [0.3, 0.4) is 0 Å². The first-order valence-corrected chi connectivity index (χ1v) is 7.00. The third-order valence-electron chi connectivity index (χ3n) is 2.89. The van der Waals surface area contributed by atoms with E-state index >= 15 is 0 Å². The van der Waals surface area contributed by atoms with Crippen LogP contribution in [-0.2, 0) is 21.0 Å². The second kappa shape index (κ2) is 4.46. The maximum atomic E-state index is 12.2. The summed E-state index contributed by atoms with van der Waals surface area (Å²) in [7, 11) is -0.916. The van der Waals surface area contributed by atoms with Crippen molar-refractivity contribution in [3.8, 4) is 0 Å². The van der Waals surface area contributed by atoms with Crippen LogP contribution in [0.5, 0.6) is 0 Å². The number of rotatable bonds is 3. The lowest BCUT2D eigenvalue weighted by Crippen LogP contribution is -2.53. The maximum absolute atomic E-state index is 12.2. The summed E-state index contributed by atoms with van der Waals surface area (Å²) in [6.45, 7) is 7.10. The number of aromatic nitrogens is 2. The van der Waals surface area contributed by atoms with E-state index in [1.165, 1.54) is 0 Å². The average Bonchev–Trinajstić information content (AvgIpc) is 2.23. The zero-order valence-corrected chi connectivity index (χ0v) is 11.3. The normalized spacial score (nSPS) is 20.6. The molecular formula is C12H18N2O2S. The molecule has 1 saturated heterocycles. The minimum atomic E-state index is -0.916. The van der Waals surface area contributed by atoms with Crippen molar-refractivity contribution in [3.05, 3.63) is 24.3 Å². The molecule has 0 amide bonds. The fraction of sp³-hybridized carbons (Fsp3) is 0.667. The van der Waals surface area contributed by atoms with Crippen LogP contribution < -0.4 is 0 Å². The molecule has 0 aromatic carbocycles. The van der Waals surface area contributed by atoms with E-state index in [0.29, 0.717) is 19.0 Å². The first-order chi connectivity index (χ1) is 7.94. The van der Waals surface area contributed by atoms with Crippen molar-refractivity contribution in [1.29, 1.82) is 0 Å². The van der Waals surface area contributed by atoms with Gasteiger partial charge in [0, 0.05) is 33.7 Å². The molecule has 4 nitrogen and oxygen atoms in total. The molecule has 1 aromatic rings. The topological polar surface area (TPSA) is 52.1 Å². The molecule has 1 unspecified atom stereocenters. The van der Waals surface area contributed by atoms with Crippen molar-refractivity contribution in [1.82, 2.24) is 9.97 Å². The monoisotopic (exact) mass is 254 g/mol. The molecular weight excluding hydrogens is 236 g/mol. The van der Waals surface area contributed by atoms with E-state index in [9.17, 15) is 4.21 Å². The van der Waals surface area contributed by atoms with Crippen molar-refractivity contribution < 1.29 is 8.95 Å². The van der Waals surface area contributed by atoms with Gasteiger partial charge >= 0.3 is 0 Å². The molecule has 17 heavy (non-hydrogen) atoms. The van der Waals surface area contributed by atoms with E-state index < -0.39 is 10.8 Å². The van der Waals surface area contributed by atoms with Crippen LogP contribution in [-0.4, -0.2) is 37.9 Å². The molecule has 1 atom stereocenters. The SMILES string of the molecule is CC(C)(C)S(=O)CC1(c2ncccn2)COC1. The molecule has 5 heteroatoms. The molecule has 0 bridgehead atoms. The molecule has 0 N–H and O–H groups in total. The second-order valence-corrected chi connectivity index (χ2v) is 7.65. The van der Waals surface area contributed by atoms with Gasteiger partial charge in [-0.25, -0.2) is 9.97 Å². The molecule has 1 aromatic heterocycles. The Balaban J connectivity index is 2.20. The first kappa shape index (κ1) is 12.6. The molecule has 0 radical (unpaired) electrons.